The SMILES string of the molecule is COc1ccc(C(=O)NC(C)c2nnc(SCc3ccccc3)n2-c2cc(Cl)ccc2Cl)c(OC)c1. The molecule has 0 aliphatic carbocycles. The van der Waals surface area contributed by atoms with Gasteiger partial charge in [0.25, 0.3) is 5.91 Å². The van der Waals surface area contributed by atoms with Gasteiger partial charge in [-0.1, -0.05) is 65.3 Å². The van der Waals surface area contributed by atoms with Gasteiger partial charge in [-0.05, 0) is 42.8 Å². The van der Waals surface area contributed by atoms with Gasteiger partial charge in [-0.15, -0.1) is 10.2 Å². The molecule has 0 saturated heterocycles. The van der Waals surface area contributed by atoms with Gasteiger partial charge >= 0.3 is 0 Å². The zero-order valence-corrected chi connectivity index (χ0v) is 22.2. The standard InChI is InChI=1S/C26H24Cl2N4O3S/c1-16(29-25(33)20-11-10-19(34-2)14-23(20)35-3)24-30-31-26(36-15-17-7-5-4-6-8-17)32(24)22-13-18(27)9-12-21(22)28/h4-14,16H,15H2,1-3H3,(H,29,33). The average molecular weight is 543 g/mol. The summed E-state index contributed by atoms with van der Waals surface area (Å²) in [6.45, 7) is 1.83. The van der Waals surface area contributed by atoms with Crippen molar-refractivity contribution in [2.75, 3.05) is 14.2 Å². The van der Waals surface area contributed by atoms with Crippen LogP contribution in [-0.4, -0.2) is 34.9 Å². The van der Waals surface area contributed by atoms with Crippen molar-refractivity contribution in [3.05, 3.63) is 93.7 Å². The predicted octanol–water partition coefficient (Wildman–Crippen LogP) is 6.37. The second-order valence-corrected chi connectivity index (χ2v) is 9.59. The highest BCUT2D eigenvalue weighted by atomic mass is 35.5. The van der Waals surface area contributed by atoms with Gasteiger partial charge in [0.1, 0.15) is 11.5 Å². The van der Waals surface area contributed by atoms with Crippen LogP contribution in [0.2, 0.25) is 10.0 Å². The molecule has 1 N–H and O–H groups in total. The van der Waals surface area contributed by atoms with E-state index in [2.05, 4.69) is 15.5 Å². The van der Waals surface area contributed by atoms with Crippen LogP contribution in [0, 0.1) is 0 Å². The highest BCUT2D eigenvalue weighted by Gasteiger charge is 2.24. The molecular weight excluding hydrogens is 519 g/mol. The van der Waals surface area contributed by atoms with Crippen molar-refractivity contribution in [2.24, 2.45) is 0 Å². The number of hydrogen-bond acceptors (Lipinski definition) is 6. The van der Waals surface area contributed by atoms with Crippen molar-refractivity contribution in [1.82, 2.24) is 20.1 Å². The average Bonchev–Trinajstić information content (AvgIpc) is 3.32. The number of carbonyl (C=O) groups excluding carboxylic acids is 1. The number of benzene rings is 3. The summed E-state index contributed by atoms with van der Waals surface area (Å²) in [5, 5.41) is 13.5. The molecule has 4 rings (SSSR count). The third-order valence-electron chi connectivity index (χ3n) is 5.41. The maximum Gasteiger partial charge on any atom is 0.255 e. The molecule has 1 amide bonds. The minimum Gasteiger partial charge on any atom is -0.497 e. The van der Waals surface area contributed by atoms with Crippen LogP contribution in [-0.2, 0) is 5.75 Å². The summed E-state index contributed by atoms with van der Waals surface area (Å²) in [5.74, 6) is 1.85. The van der Waals surface area contributed by atoms with Gasteiger partial charge in [-0.3, -0.25) is 9.36 Å². The highest BCUT2D eigenvalue weighted by Crippen LogP contribution is 2.33. The summed E-state index contributed by atoms with van der Waals surface area (Å²) in [5.41, 5.74) is 2.14. The van der Waals surface area contributed by atoms with Gasteiger partial charge in [0.2, 0.25) is 0 Å². The lowest BCUT2D eigenvalue weighted by atomic mass is 10.1. The molecule has 1 atom stereocenters. The number of thioether (sulfide) groups is 1. The Kier molecular flexibility index (Phi) is 8.40. The smallest absolute Gasteiger partial charge is 0.255 e. The molecule has 1 heterocycles. The first-order chi connectivity index (χ1) is 17.4. The molecule has 4 aromatic rings. The van der Waals surface area contributed by atoms with Gasteiger partial charge in [0, 0.05) is 16.8 Å². The van der Waals surface area contributed by atoms with Crippen LogP contribution in [0.1, 0.15) is 34.7 Å². The topological polar surface area (TPSA) is 78.3 Å². The minimum absolute atomic E-state index is 0.327. The van der Waals surface area contributed by atoms with Crippen molar-refractivity contribution < 1.29 is 14.3 Å². The van der Waals surface area contributed by atoms with Crippen LogP contribution in [0.4, 0.5) is 0 Å². The Morgan fingerprint density at radius 2 is 1.81 bits per heavy atom. The third-order valence-corrected chi connectivity index (χ3v) is 6.96. The van der Waals surface area contributed by atoms with E-state index in [1.807, 2.05) is 41.8 Å². The lowest BCUT2D eigenvalue weighted by Crippen LogP contribution is -2.29. The fourth-order valence-electron chi connectivity index (χ4n) is 3.59. The Bertz CT molecular complexity index is 1360. The zero-order valence-electron chi connectivity index (χ0n) is 19.9. The fraction of sp³-hybridized carbons (Fsp3) is 0.192. The monoisotopic (exact) mass is 542 g/mol. The molecule has 186 valence electrons. The van der Waals surface area contributed by atoms with E-state index in [1.165, 1.54) is 18.9 Å². The van der Waals surface area contributed by atoms with Gasteiger partial charge < -0.3 is 14.8 Å². The first kappa shape index (κ1) is 25.9. The van der Waals surface area contributed by atoms with Crippen molar-refractivity contribution in [1.29, 1.82) is 0 Å². The molecule has 0 bridgehead atoms. The zero-order chi connectivity index (χ0) is 25.7. The largest absolute Gasteiger partial charge is 0.497 e. The Labute approximate surface area is 223 Å². The van der Waals surface area contributed by atoms with Crippen LogP contribution in [0.3, 0.4) is 0 Å². The first-order valence-corrected chi connectivity index (χ1v) is 12.8. The number of carbonyl (C=O) groups is 1. The van der Waals surface area contributed by atoms with Crippen molar-refractivity contribution >= 4 is 40.9 Å². The number of aromatic nitrogens is 3. The summed E-state index contributed by atoms with van der Waals surface area (Å²) in [6.07, 6.45) is 0. The fourth-order valence-corrected chi connectivity index (χ4v) is 4.86. The summed E-state index contributed by atoms with van der Waals surface area (Å²) in [7, 11) is 3.06. The highest BCUT2D eigenvalue weighted by molar-refractivity contribution is 7.98. The van der Waals surface area contributed by atoms with E-state index >= 15 is 0 Å². The first-order valence-electron chi connectivity index (χ1n) is 11.0. The number of rotatable bonds is 9. The van der Waals surface area contributed by atoms with E-state index in [4.69, 9.17) is 32.7 Å². The Morgan fingerprint density at radius 1 is 1.03 bits per heavy atom. The number of amides is 1. The van der Waals surface area contributed by atoms with Crippen LogP contribution in [0.5, 0.6) is 11.5 Å². The number of halogens is 2. The Morgan fingerprint density at radius 3 is 2.53 bits per heavy atom. The van der Waals surface area contributed by atoms with Crippen LogP contribution >= 0.6 is 35.0 Å². The van der Waals surface area contributed by atoms with Crippen molar-refractivity contribution in [3.63, 3.8) is 0 Å². The van der Waals surface area contributed by atoms with Gasteiger partial charge in [0.15, 0.2) is 11.0 Å². The molecule has 3 aromatic carbocycles. The molecule has 0 radical (unpaired) electrons. The number of methoxy groups -OCH3 is 2. The second kappa shape index (κ2) is 11.7. The molecular formula is C26H24Cl2N4O3S. The van der Waals surface area contributed by atoms with E-state index in [-0.39, 0.29) is 5.91 Å². The number of nitrogens with one attached hydrogen (secondary N) is 1. The molecule has 36 heavy (non-hydrogen) atoms. The Balaban J connectivity index is 1.67. The maximum atomic E-state index is 13.2. The number of ether oxygens (including phenoxy) is 2. The van der Waals surface area contributed by atoms with Gasteiger partial charge in [-0.2, -0.15) is 0 Å². The van der Waals surface area contributed by atoms with E-state index in [1.54, 1.807) is 43.5 Å². The summed E-state index contributed by atoms with van der Waals surface area (Å²) < 4.78 is 12.4. The lowest BCUT2D eigenvalue weighted by molar-refractivity contribution is 0.0935. The minimum atomic E-state index is -0.516. The normalized spacial score (nSPS) is 11.7. The van der Waals surface area contributed by atoms with E-state index in [9.17, 15) is 4.79 Å². The summed E-state index contributed by atoms with van der Waals surface area (Å²) in [6, 6.07) is 19.7. The molecule has 0 aliphatic heterocycles. The van der Waals surface area contributed by atoms with Crippen molar-refractivity contribution in [3.8, 4) is 17.2 Å². The molecule has 10 heteroatoms. The van der Waals surface area contributed by atoms with Crippen LogP contribution in [0.15, 0.2) is 71.9 Å². The van der Waals surface area contributed by atoms with E-state index < -0.39 is 6.04 Å². The van der Waals surface area contributed by atoms with Crippen LogP contribution < -0.4 is 14.8 Å². The predicted molar refractivity (Wildman–Crippen MR) is 143 cm³/mol. The maximum absolute atomic E-state index is 13.2. The number of nitrogens with zero attached hydrogens (tertiary/aromatic N) is 3. The molecule has 0 fully saturated rings. The van der Waals surface area contributed by atoms with Crippen molar-refractivity contribution in [2.45, 2.75) is 23.9 Å². The molecule has 1 aromatic heterocycles. The van der Waals surface area contributed by atoms with Gasteiger partial charge in [0.05, 0.1) is 36.5 Å². The molecule has 0 spiro atoms. The molecule has 0 aliphatic rings. The second-order valence-electron chi connectivity index (χ2n) is 7.81. The van der Waals surface area contributed by atoms with E-state index in [0.717, 1.165) is 5.56 Å². The van der Waals surface area contributed by atoms with E-state index in [0.29, 0.717) is 49.5 Å². The Hall–Kier alpha value is -3.20. The summed E-state index contributed by atoms with van der Waals surface area (Å²) >= 11 is 14.4. The molecule has 0 saturated carbocycles. The molecule has 7 nitrogen and oxygen atoms in total. The number of hydrogen-bond donors (Lipinski definition) is 1. The third kappa shape index (κ3) is 5.78. The quantitative estimate of drug-likeness (QED) is 0.247. The molecule has 1 unspecified atom stereocenters. The lowest BCUT2D eigenvalue weighted by Gasteiger charge is -2.18. The van der Waals surface area contributed by atoms with Gasteiger partial charge in [-0.25, -0.2) is 0 Å². The summed E-state index contributed by atoms with van der Waals surface area (Å²) in [4.78, 5) is 13.2. The van der Waals surface area contributed by atoms with Crippen LogP contribution in [0.25, 0.3) is 5.69 Å².